The topological polar surface area (TPSA) is 87.9 Å². The number of quaternary nitrogens is 1. The minimum Gasteiger partial charge on any atom is -0.350 e. The summed E-state index contributed by atoms with van der Waals surface area (Å²) in [6, 6.07) is 13.6. The standard InChI is InChI=1S/C23H29N5O3/c1-23(13-12-17-8-4-3-5-9-17)21(30)28(22(31)24-23)25-20(29)16-27-15-7-11-19(27)18-10-6-14-26(18)2/h3-6,8-10,14,19H,7,11-13,15-16H2,1-2H3,(H,24,31)(H,25,29)/p+1/t19-,23-/m1/s1. The zero-order chi connectivity index (χ0) is 22.0. The van der Waals surface area contributed by atoms with Crippen molar-refractivity contribution in [1.29, 1.82) is 0 Å². The number of carbonyl (C=O) groups excluding carboxylic acids is 3. The third-order valence-electron chi connectivity index (χ3n) is 6.47. The number of nitrogens with zero attached hydrogens (tertiary/aromatic N) is 2. The van der Waals surface area contributed by atoms with E-state index in [1.807, 2.05) is 49.6 Å². The number of likely N-dealkylation sites (tertiary alicyclic amines) is 1. The number of rotatable bonds is 7. The van der Waals surface area contributed by atoms with Gasteiger partial charge >= 0.3 is 6.03 Å². The molecule has 3 atom stereocenters. The molecule has 4 amide bonds. The third kappa shape index (κ3) is 4.34. The highest BCUT2D eigenvalue weighted by atomic mass is 16.2. The molecule has 0 aliphatic carbocycles. The molecule has 1 aromatic carbocycles. The lowest BCUT2D eigenvalue weighted by Gasteiger charge is -2.23. The van der Waals surface area contributed by atoms with Crippen molar-refractivity contribution in [3.8, 4) is 0 Å². The minimum atomic E-state index is -1.04. The molecule has 0 bridgehead atoms. The Balaban J connectivity index is 1.36. The molecule has 1 aromatic heterocycles. The highest BCUT2D eigenvalue weighted by Crippen LogP contribution is 2.22. The van der Waals surface area contributed by atoms with Gasteiger partial charge in [0.2, 0.25) is 0 Å². The Hall–Kier alpha value is -3.13. The van der Waals surface area contributed by atoms with Gasteiger partial charge in [-0.3, -0.25) is 15.0 Å². The van der Waals surface area contributed by atoms with Crippen LogP contribution in [0.5, 0.6) is 0 Å². The molecule has 8 heteroatoms. The number of aromatic nitrogens is 1. The van der Waals surface area contributed by atoms with Gasteiger partial charge in [-0.2, -0.15) is 5.01 Å². The number of hydrogen-bond donors (Lipinski definition) is 3. The third-order valence-corrected chi connectivity index (χ3v) is 6.47. The lowest BCUT2D eigenvalue weighted by Crippen LogP contribution is -3.11. The molecule has 0 saturated carbocycles. The van der Waals surface area contributed by atoms with E-state index in [-0.39, 0.29) is 18.5 Å². The van der Waals surface area contributed by atoms with Gasteiger partial charge in [0.25, 0.3) is 11.8 Å². The summed E-state index contributed by atoms with van der Waals surface area (Å²) < 4.78 is 2.09. The fourth-order valence-corrected chi connectivity index (χ4v) is 4.68. The van der Waals surface area contributed by atoms with Crippen molar-refractivity contribution in [2.45, 2.75) is 44.2 Å². The number of hydrazine groups is 1. The van der Waals surface area contributed by atoms with Crippen LogP contribution in [0.2, 0.25) is 0 Å². The Morgan fingerprint density at radius 3 is 2.71 bits per heavy atom. The first-order chi connectivity index (χ1) is 14.9. The summed E-state index contributed by atoms with van der Waals surface area (Å²) in [5.41, 5.74) is 3.80. The number of benzene rings is 1. The maximum atomic E-state index is 12.9. The van der Waals surface area contributed by atoms with E-state index in [0.717, 1.165) is 34.9 Å². The lowest BCUT2D eigenvalue weighted by molar-refractivity contribution is -0.911. The quantitative estimate of drug-likeness (QED) is 0.573. The molecule has 2 aromatic rings. The first-order valence-corrected chi connectivity index (χ1v) is 10.8. The number of urea groups is 1. The Morgan fingerprint density at radius 1 is 1.23 bits per heavy atom. The van der Waals surface area contributed by atoms with Crippen LogP contribution in [0.1, 0.15) is 43.5 Å². The zero-order valence-corrected chi connectivity index (χ0v) is 18.1. The second-order valence-corrected chi connectivity index (χ2v) is 8.75. The largest absolute Gasteiger partial charge is 0.350 e. The van der Waals surface area contributed by atoms with Crippen molar-refractivity contribution in [2.75, 3.05) is 13.1 Å². The predicted octanol–water partition coefficient (Wildman–Crippen LogP) is 0.719. The van der Waals surface area contributed by atoms with Crippen LogP contribution in [0.4, 0.5) is 4.79 Å². The highest BCUT2D eigenvalue weighted by Gasteiger charge is 2.48. The number of hydrogen-bond acceptors (Lipinski definition) is 3. The summed E-state index contributed by atoms with van der Waals surface area (Å²) in [6.07, 6.45) is 5.18. The van der Waals surface area contributed by atoms with Crippen LogP contribution in [0, 0.1) is 0 Å². The van der Waals surface area contributed by atoms with Gasteiger partial charge < -0.3 is 14.8 Å². The van der Waals surface area contributed by atoms with Crippen molar-refractivity contribution < 1.29 is 19.3 Å². The molecule has 0 spiro atoms. The second kappa shape index (κ2) is 8.55. The number of aryl methyl sites for hydroxylation is 2. The van der Waals surface area contributed by atoms with E-state index in [1.165, 1.54) is 5.69 Å². The molecule has 3 heterocycles. The number of imide groups is 1. The highest BCUT2D eigenvalue weighted by molar-refractivity contribution is 6.07. The van der Waals surface area contributed by atoms with Gasteiger partial charge in [0.15, 0.2) is 6.54 Å². The maximum Gasteiger partial charge on any atom is 0.344 e. The molecule has 1 unspecified atom stereocenters. The summed E-state index contributed by atoms with van der Waals surface area (Å²) in [5, 5.41) is 3.60. The molecule has 0 radical (unpaired) electrons. The van der Waals surface area contributed by atoms with Crippen LogP contribution in [0.15, 0.2) is 48.7 Å². The van der Waals surface area contributed by atoms with Crippen LogP contribution in [0.25, 0.3) is 0 Å². The first-order valence-electron chi connectivity index (χ1n) is 10.8. The van der Waals surface area contributed by atoms with E-state index in [0.29, 0.717) is 12.8 Å². The summed E-state index contributed by atoms with van der Waals surface area (Å²) >= 11 is 0. The van der Waals surface area contributed by atoms with Gasteiger partial charge in [-0.15, -0.1) is 0 Å². The van der Waals surface area contributed by atoms with E-state index in [1.54, 1.807) is 6.92 Å². The van der Waals surface area contributed by atoms with Gasteiger partial charge in [-0.25, -0.2) is 4.79 Å². The summed E-state index contributed by atoms with van der Waals surface area (Å²) in [4.78, 5) is 39.3. The molecular weight excluding hydrogens is 394 g/mol. The maximum absolute atomic E-state index is 12.9. The Kier molecular flexibility index (Phi) is 5.82. The molecule has 3 N–H and O–H groups in total. The molecule has 2 saturated heterocycles. The van der Waals surface area contributed by atoms with Gasteiger partial charge in [0, 0.05) is 26.1 Å². The van der Waals surface area contributed by atoms with Crippen LogP contribution < -0.4 is 15.6 Å². The van der Waals surface area contributed by atoms with Gasteiger partial charge in [-0.05, 0) is 37.5 Å². The van der Waals surface area contributed by atoms with Crippen molar-refractivity contribution >= 4 is 17.8 Å². The van der Waals surface area contributed by atoms with Crippen LogP contribution >= 0.6 is 0 Å². The zero-order valence-electron chi connectivity index (χ0n) is 18.1. The van der Waals surface area contributed by atoms with Crippen LogP contribution in [-0.2, 0) is 23.1 Å². The lowest BCUT2D eigenvalue weighted by atomic mass is 9.93. The van der Waals surface area contributed by atoms with E-state index >= 15 is 0 Å². The van der Waals surface area contributed by atoms with Gasteiger partial charge in [-0.1, -0.05) is 30.3 Å². The molecule has 4 rings (SSSR count). The monoisotopic (exact) mass is 424 g/mol. The van der Waals surface area contributed by atoms with Crippen molar-refractivity contribution in [3.63, 3.8) is 0 Å². The summed E-state index contributed by atoms with van der Waals surface area (Å²) in [5.74, 6) is -0.746. The number of nitrogens with one attached hydrogen (secondary N) is 3. The second-order valence-electron chi connectivity index (χ2n) is 8.75. The minimum absolute atomic E-state index is 0.216. The summed E-state index contributed by atoms with van der Waals surface area (Å²) in [6.45, 7) is 2.81. The van der Waals surface area contributed by atoms with Gasteiger partial charge in [0.05, 0.1) is 12.2 Å². The molecule has 2 aliphatic heterocycles. The number of amides is 4. The van der Waals surface area contributed by atoms with Crippen molar-refractivity contribution in [1.82, 2.24) is 20.3 Å². The molecular formula is C23H30N5O3+. The Bertz CT molecular complexity index is 973. The molecule has 31 heavy (non-hydrogen) atoms. The normalized spacial score (nSPS) is 25.7. The predicted molar refractivity (Wildman–Crippen MR) is 115 cm³/mol. The van der Waals surface area contributed by atoms with Crippen molar-refractivity contribution in [2.24, 2.45) is 7.05 Å². The first kappa shape index (κ1) is 21.1. The van der Waals surface area contributed by atoms with E-state index in [2.05, 4.69) is 21.4 Å². The van der Waals surface area contributed by atoms with Crippen LogP contribution in [-0.4, -0.2) is 46.0 Å². The Morgan fingerprint density at radius 2 is 2.00 bits per heavy atom. The molecule has 8 nitrogen and oxygen atoms in total. The Labute approximate surface area is 182 Å². The average molecular weight is 425 g/mol. The molecule has 2 fully saturated rings. The summed E-state index contributed by atoms with van der Waals surface area (Å²) in [7, 11) is 2.01. The number of carbonyl (C=O) groups is 3. The van der Waals surface area contributed by atoms with E-state index < -0.39 is 17.5 Å². The van der Waals surface area contributed by atoms with E-state index in [4.69, 9.17) is 0 Å². The molecule has 164 valence electrons. The smallest absolute Gasteiger partial charge is 0.344 e. The molecule has 2 aliphatic rings. The van der Waals surface area contributed by atoms with Crippen LogP contribution in [0.3, 0.4) is 0 Å². The average Bonchev–Trinajstić information content (AvgIpc) is 3.43. The van der Waals surface area contributed by atoms with Crippen molar-refractivity contribution in [3.05, 3.63) is 59.9 Å². The SMILES string of the molecule is Cn1cccc1[C@H]1CCC[NH+]1CC(=O)NN1C(=O)N[C@](C)(CCc2ccccc2)C1=O. The van der Waals surface area contributed by atoms with Gasteiger partial charge in [0.1, 0.15) is 11.6 Å². The fourth-order valence-electron chi connectivity index (χ4n) is 4.68. The van der Waals surface area contributed by atoms with E-state index in [9.17, 15) is 14.4 Å². The fraction of sp³-hybridized carbons (Fsp3) is 0.435.